The predicted octanol–water partition coefficient (Wildman–Crippen LogP) is 4.10. The van der Waals surface area contributed by atoms with E-state index in [9.17, 15) is 14.7 Å². The molecular weight excluding hydrogens is 324 g/mol. The molecule has 0 atom stereocenters. The van der Waals surface area contributed by atoms with Crippen LogP contribution in [0.4, 0.5) is 9.59 Å². The fourth-order valence-electron chi connectivity index (χ4n) is 1.96. The van der Waals surface area contributed by atoms with Gasteiger partial charge in [0.2, 0.25) is 0 Å². The molecule has 0 saturated carbocycles. The molecule has 1 rings (SSSR count). The molecule has 0 spiro atoms. The summed E-state index contributed by atoms with van der Waals surface area (Å²) in [6, 6.07) is 9.60. The van der Waals surface area contributed by atoms with Gasteiger partial charge in [-0.25, -0.2) is 15.0 Å². The van der Waals surface area contributed by atoms with Crippen LogP contribution in [0.3, 0.4) is 0 Å². The zero-order chi connectivity index (χ0) is 19.2. The van der Waals surface area contributed by atoms with E-state index >= 15 is 0 Å². The van der Waals surface area contributed by atoms with Crippen LogP contribution in [0.1, 0.15) is 13.9 Å². The normalized spacial score (nSPS) is 13.7. The van der Waals surface area contributed by atoms with Gasteiger partial charge in [0.05, 0.1) is 15.1 Å². The van der Waals surface area contributed by atoms with Crippen LogP contribution in [0.25, 0.3) is 0 Å². The molecule has 6 nitrogen and oxygen atoms in total. The van der Waals surface area contributed by atoms with Gasteiger partial charge in [0.25, 0.3) is 0 Å². The van der Waals surface area contributed by atoms with Crippen molar-refractivity contribution in [3.63, 3.8) is 0 Å². The van der Waals surface area contributed by atoms with Crippen LogP contribution < -0.4 is 5.43 Å². The fourth-order valence-corrected chi connectivity index (χ4v) is 2.98. The second-order valence-corrected chi connectivity index (χ2v) is 11.1. The van der Waals surface area contributed by atoms with E-state index in [4.69, 9.17) is 6.48 Å². The van der Waals surface area contributed by atoms with Gasteiger partial charge in [-0.05, 0) is 24.5 Å². The van der Waals surface area contributed by atoms with Gasteiger partial charge in [0.15, 0.2) is 0 Å². The van der Waals surface area contributed by atoms with Crippen LogP contribution in [0.15, 0.2) is 53.4 Å². The molecule has 24 heavy (non-hydrogen) atoms. The number of benzene rings is 1. The summed E-state index contributed by atoms with van der Waals surface area (Å²) in [6.45, 7) is 7.40. The molecule has 0 aliphatic carbocycles. The number of rotatable bonds is 5. The molecule has 0 fully saturated rings. The Bertz CT molecular complexity index is 696. The minimum Gasteiger partial charge on any atom is -0.464 e. The first-order valence-electron chi connectivity index (χ1n) is 7.99. The molecule has 1 aromatic rings. The average molecular weight is 349 g/mol. The van der Waals surface area contributed by atoms with Crippen LogP contribution in [0.2, 0.25) is 19.6 Å². The molecular formula is C17H24N2O4Si. The molecule has 1 aromatic carbocycles. The summed E-state index contributed by atoms with van der Waals surface area (Å²) >= 11 is 0. The van der Waals surface area contributed by atoms with Crippen LogP contribution >= 0.6 is 0 Å². The maximum atomic E-state index is 11.6. The van der Waals surface area contributed by atoms with Crippen molar-refractivity contribution in [3.05, 3.63) is 58.9 Å². The molecule has 0 radical (unpaired) electrons. The summed E-state index contributed by atoms with van der Waals surface area (Å²) in [5, 5.41) is 18.9. The van der Waals surface area contributed by atoms with Gasteiger partial charge in [-0.3, -0.25) is 0 Å². The quantitative estimate of drug-likeness (QED) is 0.424. The zero-order valence-electron chi connectivity index (χ0n) is 15.3. The minimum atomic E-state index is -2.19. The largest absolute Gasteiger partial charge is 0.464 e. The maximum Gasteiger partial charge on any atom is 0.431 e. The average Bonchev–Trinajstić information content (AvgIpc) is 2.51. The van der Waals surface area contributed by atoms with E-state index in [2.05, 4.69) is 0 Å². The lowest BCUT2D eigenvalue weighted by molar-refractivity contribution is 0.127. The number of hydrazine groups is 1. The zero-order valence-corrected chi connectivity index (χ0v) is 15.3. The molecule has 130 valence electrons. The third-order valence-corrected chi connectivity index (χ3v) is 3.96. The summed E-state index contributed by atoms with van der Waals surface area (Å²) in [4.78, 5) is 22.5. The van der Waals surface area contributed by atoms with Crippen molar-refractivity contribution in [3.8, 4) is 0 Å². The molecule has 2 amide bonds. The third kappa shape index (κ3) is 6.70. The monoisotopic (exact) mass is 349 g/mol. The van der Waals surface area contributed by atoms with Gasteiger partial charge >= 0.3 is 12.2 Å². The van der Waals surface area contributed by atoms with E-state index in [0.717, 1.165) is 5.56 Å². The first kappa shape index (κ1) is 17.8. The lowest BCUT2D eigenvalue weighted by atomic mass is 10.1. The Hall–Kier alpha value is -2.54. The summed E-state index contributed by atoms with van der Waals surface area (Å²) in [5.41, 5.74) is 3.67. The Balaban J connectivity index is 3.35. The Kier molecular flexibility index (Phi) is 6.19. The van der Waals surface area contributed by atoms with Gasteiger partial charge in [-0.2, -0.15) is 5.01 Å². The van der Waals surface area contributed by atoms with E-state index in [-0.39, 0.29) is 11.4 Å². The van der Waals surface area contributed by atoms with Crippen molar-refractivity contribution < 1.29 is 21.2 Å². The lowest BCUT2D eigenvalue weighted by Crippen LogP contribution is -2.45. The first-order valence-corrected chi connectivity index (χ1v) is 11.0. The molecule has 7 heteroatoms. The summed E-state index contributed by atoms with van der Waals surface area (Å²) < 4.78 is 8.42. The Morgan fingerprint density at radius 2 is 1.83 bits per heavy atom. The van der Waals surface area contributed by atoms with Crippen molar-refractivity contribution in [1.29, 1.82) is 0 Å². The van der Waals surface area contributed by atoms with Crippen LogP contribution in [0.5, 0.6) is 0 Å². The highest BCUT2D eigenvalue weighted by atomic mass is 28.3. The molecule has 0 saturated heterocycles. The van der Waals surface area contributed by atoms with Crippen LogP contribution in [-0.2, 0) is 6.42 Å². The van der Waals surface area contributed by atoms with Crippen LogP contribution in [0, 0.1) is 0 Å². The third-order valence-electron chi connectivity index (χ3n) is 2.98. The number of hydrogen-bond donors (Lipinski definition) is 3. The minimum absolute atomic E-state index is 0.0741. The predicted molar refractivity (Wildman–Crippen MR) is 96.4 cm³/mol. The van der Waals surface area contributed by atoms with Crippen molar-refractivity contribution in [1.82, 2.24) is 10.4 Å². The second kappa shape index (κ2) is 8.35. The number of amides is 2. The Morgan fingerprint density at radius 1 is 1.25 bits per heavy atom. The van der Waals surface area contributed by atoms with Crippen molar-refractivity contribution in [2.75, 3.05) is 0 Å². The van der Waals surface area contributed by atoms with E-state index in [1.165, 1.54) is 0 Å². The van der Waals surface area contributed by atoms with Crippen molar-refractivity contribution in [2.24, 2.45) is 0 Å². The van der Waals surface area contributed by atoms with E-state index in [0.29, 0.717) is 17.0 Å². The molecule has 0 bridgehead atoms. The number of allylic oxidation sites excluding steroid dienone is 2. The molecule has 0 aliphatic rings. The van der Waals surface area contributed by atoms with Gasteiger partial charge < -0.3 is 10.2 Å². The number of carboxylic acid groups (broad SMARTS) is 2. The van der Waals surface area contributed by atoms with Gasteiger partial charge in [0, 0.05) is 0 Å². The molecule has 0 unspecified atom stereocenters. The molecule has 0 aliphatic heterocycles. The number of nitrogens with zero attached hydrogens (tertiary/aromatic N) is 1. The Morgan fingerprint density at radius 3 is 2.29 bits per heavy atom. The Labute approximate surface area is 144 Å². The number of carbonyl (C=O) groups is 2. The van der Waals surface area contributed by atoms with Gasteiger partial charge in [0.1, 0.15) is 0 Å². The second-order valence-electron chi connectivity index (χ2n) is 6.34. The van der Waals surface area contributed by atoms with Crippen molar-refractivity contribution >= 4 is 20.3 Å². The molecule has 0 heterocycles. The first-order chi connectivity index (χ1) is 11.5. The summed E-state index contributed by atoms with van der Waals surface area (Å²) in [7, 11) is -2.19. The van der Waals surface area contributed by atoms with E-state index in [1.807, 2.05) is 55.4 Å². The summed E-state index contributed by atoms with van der Waals surface area (Å²) in [6.07, 6.45) is -0.624. The van der Waals surface area contributed by atoms with E-state index in [1.54, 1.807) is 13.0 Å². The maximum absolute atomic E-state index is 11.6. The number of nitrogens with one attached hydrogen (secondary N) is 1. The molecule has 0 aromatic heterocycles. The fraction of sp³-hybridized carbons (Fsp3) is 0.294. The van der Waals surface area contributed by atoms with Crippen LogP contribution in [-0.4, -0.2) is 35.5 Å². The van der Waals surface area contributed by atoms with Gasteiger partial charge in [-0.1, -0.05) is 61.7 Å². The number of hydrogen-bond acceptors (Lipinski definition) is 2. The highest BCUT2D eigenvalue weighted by molar-refractivity contribution is 6.81. The molecule has 3 N–H and O–H groups in total. The highest BCUT2D eigenvalue weighted by Crippen LogP contribution is 2.19. The van der Waals surface area contributed by atoms with E-state index < -0.39 is 20.3 Å². The van der Waals surface area contributed by atoms with Gasteiger partial charge in [-0.15, -0.1) is 0 Å². The highest BCUT2D eigenvalue weighted by Gasteiger charge is 2.23. The topological polar surface area (TPSA) is 89.9 Å². The lowest BCUT2D eigenvalue weighted by Gasteiger charge is -2.25. The SMILES string of the molecule is [2H]/C(=C(/C(C)=C/Cc1ccccc1)N(NC(=O)O)C(=O)O)[Si](C)(C)C. The standard InChI is InChI=1S/C17H24N2O4Si/c1-13(10-11-14-8-6-5-7-9-14)15(12-24(2,3)4)19(17(22)23)18-16(20)21/h5-10,12,18H,11H2,1-4H3,(H,20,21)(H,22,23)/b13-10+,15-12+/i12D. The van der Waals surface area contributed by atoms with Crippen molar-refractivity contribution in [2.45, 2.75) is 33.0 Å². The summed E-state index contributed by atoms with van der Waals surface area (Å²) in [5.74, 6) is 0. The smallest absolute Gasteiger partial charge is 0.431 e.